The van der Waals surface area contributed by atoms with Crippen LogP contribution in [-0.4, -0.2) is 40.2 Å². The van der Waals surface area contributed by atoms with Gasteiger partial charge in [-0.25, -0.2) is 14.4 Å². The number of amides is 1. The van der Waals surface area contributed by atoms with Crippen LogP contribution in [0.1, 0.15) is 42.3 Å². The van der Waals surface area contributed by atoms with Gasteiger partial charge in [-0.3, -0.25) is 14.2 Å². The highest BCUT2D eigenvalue weighted by Crippen LogP contribution is 2.30. The zero-order valence-electron chi connectivity index (χ0n) is 19.2. The maximum absolute atomic E-state index is 12.4. The van der Waals surface area contributed by atoms with Gasteiger partial charge in [0.2, 0.25) is 0 Å². The predicted molar refractivity (Wildman–Crippen MR) is 124 cm³/mol. The Bertz CT molecular complexity index is 1190. The number of ether oxygens (including phenoxy) is 2. The third kappa shape index (κ3) is 6.75. The van der Waals surface area contributed by atoms with E-state index in [-0.39, 0.29) is 12.2 Å². The molecule has 0 aliphatic rings. The summed E-state index contributed by atoms with van der Waals surface area (Å²) in [6.07, 6.45) is 4.14. The first kappa shape index (κ1) is 25.8. The third-order valence-corrected chi connectivity index (χ3v) is 5.39. The summed E-state index contributed by atoms with van der Waals surface area (Å²) in [6, 6.07) is 0. The summed E-state index contributed by atoms with van der Waals surface area (Å²) in [6.45, 7) is 5.34. The number of thiophene rings is 1. The van der Waals surface area contributed by atoms with Crippen molar-refractivity contribution in [2.75, 3.05) is 18.5 Å². The lowest BCUT2D eigenvalue weighted by Crippen LogP contribution is -2.37. The monoisotopic (exact) mass is 477 g/mol. The van der Waals surface area contributed by atoms with Crippen LogP contribution in [-0.2, 0) is 39.6 Å². The molecule has 0 aromatic carbocycles. The van der Waals surface area contributed by atoms with E-state index in [1.807, 2.05) is 13.8 Å². The molecule has 0 bridgehead atoms. The number of aromatic nitrogens is 2. The van der Waals surface area contributed by atoms with Gasteiger partial charge in [-0.05, 0) is 36.3 Å². The Balaban J connectivity index is 2.04. The topological polar surface area (TPSA) is 126 Å². The second-order valence-electron chi connectivity index (χ2n) is 7.61. The fraction of sp³-hybridized carbons (Fsp3) is 0.409. The fourth-order valence-corrected chi connectivity index (χ4v) is 3.94. The fourth-order valence-electron chi connectivity index (χ4n) is 2.96. The number of nitrogens with one attached hydrogen (secondary N) is 1. The molecular weight excluding hydrogens is 450 g/mol. The summed E-state index contributed by atoms with van der Waals surface area (Å²) in [7, 11) is 2.80. The number of hydrogen-bond donors (Lipinski definition) is 1. The van der Waals surface area contributed by atoms with Gasteiger partial charge in [-0.15, -0.1) is 11.3 Å². The highest BCUT2D eigenvalue weighted by Gasteiger charge is 2.22. The molecule has 0 spiro atoms. The van der Waals surface area contributed by atoms with Gasteiger partial charge in [-0.2, -0.15) is 0 Å². The number of esters is 2. The molecule has 0 radical (unpaired) electrons. The van der Waals surface area contributed by atoms with E-state index >= 15 is 0 Å². The van der Waals surface area contributed by atoms with E-state index in [1.54, 1.807) is 12.3 Å². The molecule has 10 nitrogen and oxygen atoms in total. The van der Waals surface area contributed by atoms with E-state index < -0.39 is 35.7 Å². The van der Waals surface area contributed by atoms with Crippen molar-refractivity contribution >= 4 is 40.3 Å². The Morgan fingerprint density at radius 1 is 1.18 bits per heavy atom. The van der Waals surface area contributed by atoms with E-state index in [9.17, 15) is 24.0 Å². The second kappa shape index (κ2) is 11.4. The molecular formula is C22H27N3O7S. The molecule has 0 aliphatic heterocycles. The van der Waals surface area contributed by atoms with Gasteiger partial charge in [0.05, 0.1) is 17.7 Å². The van der Waals surface area contributed by atoms with Gasteiger partial charge in [-0.1, -0.05) is 13.8 Å². The molecule has 0 atom stereocenters. The average molecular weight is 478 g/mol. The molecule has 2 heterocycles. The molecule has 33 heavy (non-hydrogen) atoms. The number of nitrogens with zero attached hydrogens (tertiary/aromatic N) is 2. The van der Waals surface area contributed by atoms with E-state index in [0.29, 0.717) is 22.9 Å². The van der Waals surface area contributed by atoms with Crippen LogP contribution in [0, 0.1) is 5.92 Å². The molecule has 2 aromatic rings. The highest BCUT2D eigenvalue weighted by atomic mass is 32.1. The molecule has 11 heteroatoms. The Morgan fingerprint density at radius 3 is 2.52 bits per heavy atom. The highest BCUT2D eigenvalue weighted by molar-refractivity contribution is 7.15. The first-order valence-electron chi connectivity index (χ1n) is 10.2. The molecule has 178 valence electrons. The molecule has 1 N–H and O–H groups in total. The van der Waals surface area contributed by atoms with Gasteiger partial charge in [0.15, 0.2) is 6.61 Å². The molecule has 1 amide bonds. The Kier molecular flexibility index (Phi) is 8.92. The Morgan fingerprint density at radius 2 is 1.88 bits per heavy atom. The van der Waals surface area contributed by atoms with Crippen LogP contribution in [0.4, 0.5) is 5.00 Å². The largest absolute Gasteiger partial charge is 0.462 e. The van der Waals surface area contributed by atoms with Crippen LogP contribution in [0.5, 0.6) is 0 Å². The smallest absolute Gasteiger partial charge is 0.341 e. The van der Waals surface area contributed by atoms with E-state index in [2.05, 4.69) is 5.32 Å². The van der Waals surface area contributed by atoms with Crippen LogP contribution in [0.25, 0.3) is 6.08 Å². The van der Waals surface area contributed by atoms with E-state index in [0.717, 1.165) is 16.2 Å². The summed E-state index contributed by atoms with van der Waals surface area (Å²) in [5, 5.41) is 4.71. The summed E-state index contributed by atoms with van der Waals surface area (Å²) in [5.74, 6) is -1.70. The minimum absolute atomic E-state index is 0.108. The number of hydrogen-bond acceptors (Lipinski definition) is 8. The first-order valence-corrected chi connectivity index (χ1v) is 11.1. The van der Waals surface area contributed by atoms with Crippen molar-refractivity contribution < 1.29 is 23.9 Å². The lowest BCUT2D eigenvalue weighted by molar-refractivity contribution is -0.142. The SMILES string of the molecule is CCOC(=O)c1c(CC(C)C)csc1NC(=O)COC(=O)/C=C/c1cn(C)c(=O)n(C)c1=O. The van der Waals surface area contributed by atoms with Crippen molar-refractivity contribution in [1.82, 2.24) is 9.13 Å². The lowest BCUT2D eigenvalue weighted by Gasteiger charge is -2.10. The molecule has 0 unspecified atom stereocenters. The lowest BCUT2D eigenvalue weighted by atomic mass is 10.0. The number of anilines is 1. The van der Waals surface area contributed by atoms with Gasteiger partial charge in [0.1, 0.15) is 5.00 Å². The Hall–Kier alpha value is -3.47. The van der Waals surface area contributed by atoms with Crippen LogP contribution < -0.4 is 16.6 Å². The molecule has 0 fully saturated rings. The minimum Gasteiger partial charge on any atom is -0.462 e. The number of rotatable bonds is 9. The Labute approximate surface area is 194 Å². The average Bonchev–Trinajstić information content (AvgIpc) is 3.13. The molecule has 2 rings (SSSR count). The van der Waals surface area contributed by atoms with Gasteiger partial charge in [0.25, 0.3) is 11.5 Å². The van der Waals surface area contributed by atoms with E-state index in [1.165, 1.54) is 42.3 Å². The van der Waals surface area contributed by atoms with Gasteiger partial charge in [0, 0.05) is 26.4 Å². The van der Waals surface area contributed by atoms with Crippen molar-refractivity contribution in [3.8, 4) is 0 Å². The number of carbonyl (C=O) groups is 3. The first-order chi connectivity index (χ1) is 15.5. The van der Waals surface area contributed by atoms with Crippen molar-refractivity contribution in [3.05, 3.63) is 55.2 Å². The van der Waals surface area contributed by atoms with Crippen LogP contribution in [0.3, 0.4) is 0 Å². The van der Waals surface area contributed by atoms with Crippen molar-refractivity contribution in [2.45, 2.75) is 27.2 Å². The second-order valence-corrected chi connectivity index (χ2v) is 8.49. The molecule has 0 saturated carbocycles. The molecule has 2 aromatic heterocycles. The number of aryl methyl sites for hydroxylation is 1. The van der Waals surface area contributed by atoms with Crippen LogP contribution in [0.15, 0.2) is 27.2 Å². The van der Waals surface area contributed by atoms with Gasteiger partial charge < -0.3 is 19.4 Å². The predicted octanol–water partition coefficient (Wildman–Crippen LogP) is 1.72. The van der Waals surface area contributed by atoms with Gasteiger partial charge >= 0.3 is 17.6 Å². The minimum atomic E-state index is -0.849. The summed E-state index contributed by atoms with van der Waals surface area (Å²) in [4.78, 5) is 60.4. The molecule has 0 aliphatic carbocycles. The maximum atomic E-state index is 12.4. The number of carbonyl (C=O) groups excluding carboxylic acids is 3. The zero-order valence-corrected chi connectivity index (χ0v) is 20.0. The summed E-state index contributed by atoms with van der Waals surface area (Å²) >= 11 is 1.20. The van der Waals surface area contributed by atoms with E-state index in [4.69, 9.17) is 9.47 Å². The third-order valence-electron chi connectivity index (χ3n) is 4.45. The summed E-state index contributed by atoms with van der Waals surface area (Å²) < 4.78 is 12.1. The maximum Gasteiger partial charge on any atom is 0.341 e. The van der Waals surface area contributed by atoms with Crippen molar-refractivity contribution in [1.29, 1.82) is 0 Å². The van der Waals surface area contributed by atoms with Crippen molar-refractivity contribution in [2.24, 2.45) is 20.0 Å². The quantitative estimate of drug-likeness (QED) is 0.430. The standard InChI is InChI=1S/C22H27N3O7S/c1-6-31-21(29)18-15(9-13(2)3)12-33-19(18)23-16(26)11-32-17(27)8-7-14-10-24(4)22(30)25(5)20(14)28/h7-8,10,12-13H,6,9,11H2,1-5H3,(H,23,26)/b8-7+. The van der Waals surface area contributed by atoms with Crippen LogP contribution >= 0.6 is 11.3 Å². The summed E-state index contributed by atoms with van der Waals surface area (Å²) in [5.41, 5.74) is 0.129. The zero-order chi connectivity index (χ0) is 24.7. The van der Waals surface area contributed by atoms with Crippen molar-refractivity contribution in [3.63, 3.8) is 0 Å². The van der Waals surface area contributed by atoms with Crippen LogP contribution in [0.2, 0.25) is 0 Å². The molecule has 0 saturated heterocycles. The normalized spacial score (nSPS) is 11.1.